The number of aromatic amines is 2. The lowest BCUT2D eigenvalue weighted by molar-refractivity contribution is 0.666. The first kappa shape index (κ1) is 9.77. The second-order valence-corrected chi connectivity index (χ2v) is 5.07. The fourth-order valence-corrected chi connectivity index (χ4v) is 3.53. The second kappa shape index (κ2) is 3.16. The molecule has 0 fully saturated rings. The van der Waals surface area contributed by atoms with E-state index >= 15 is 0 Å². The van der Waals surface area contributed by atoms with Crippen molar-refractivity contribution in [2.45, 2.75) is 13.0 Å². The molecule has 0 atom stereocenters. The van der Waals surface area contributed by atoms with Gasteiger partial charge in [-0.25, -0.2) is 14.9 Å². The summed E-state index contributed by atoms with van der Waals surface area (Å²) in [6, 6.07) is 0. The zero-order valence-electron chi connectivity index (χ0n) is 9.06. The minimum atomic E-state index is -0.213. The Bertz CT molecular complexity index is 884. The van der Waals surface area contributed by atoms with Gasteiger partial charge in [-0.15, -0.1) is 11.3 Å². The molecule has 0 spiro atoms. The van der Waals surface area contributed by atoms with Crippen LogP contribution >= 0.6 is 11.3 Å². The zero-order chi connectivity index (χ0) is 12.3. The molecular formula is C10H7N5O2S. The van der Waals surface area contributed by atoms with Crippen molar-refractivity contribution in [1.29, 1.82) is 0 Å². The van der Waals surface area contributed by atoms with Crippen LogP contribution in [-0.2, 0) is 13.0 Å². The lowest BCUT2D eigenvalue weighted by atomic mass is 10.1. The number of nitrogens with one attached hydrogen (secondary N) is 2. The van der Waals surface area contributed by atoms with Crippen molar-refractivity contribution in [3.05, 3.63) is 32.7 Å². The predicted molar refractivity (Wildman–Crippen MR) is 65.8 cm³/mol. The molecule has 90 valence electrons. The maximum atomic E-state index is 11.8. The van der Waals surface area contributed by atoms with Crippen LogP contribution in [0, 0.1) is 0 Å². The van der Waals surface area contributed by atoms with Crippen LogP contribution in [0.25, 0.3) is 20.9 Å². The molecule has 3 aromatic rings. The van der Waals surface area contributed by atoms with E-state index in [1.807, 2.05) is 0 Å². The number of fused-ring (bicyclic) bond motifs is 5. The zero-order valence-corrected chi connectivity index (χ0v) is 9.87. The van der Waals surface area contributed by atoms with E-state index in [-0.39, 0.29) is 11.2 Å². The maximum absolute atomic E-state index is 11.8. The number of aromatic nitrogens is 5. The number of hydrogen-bond acceptors (Lipinski definition) is 5. The predicted octanol–water partition coefficient (Wildman–Crippen LogP) is 0.0925. The van der Waals surface area contributed by atoms with E-state index < -0.39 is 0 Å². The number of aryl methyl sites for hydroxylation is 1. The van der Waals surface area contributed by atoms with Gasteiger partial charge in [0.1, 0.15) is 4.83 Å². The van der Waals surface area contributed by atoms with Gasteiger partial charge in [0, 0.05) is 6.54 Å². The van der Waals surface area contributed by atoms with Crippen LogP contribution in [0.2, 0.25) is 0 Å². The normalized spacial score (nSPS) is 13.6. The lowest BCUT2D eigenvalue weighted by Crippen LogP contribution is -2.22. The minimum absolute atomic E-state index is 0.135. The van der Waals surface area contributed by atoms with Gasteiger partial charge in [0.25, 0.3) is 5.56 Å². The van der Waals surface area contributed by atoms with Crippen molar-refractivity contribution in [1.82, 2.24) is 24.7 Å². The summed E-state index contributed by atoms with van der Waals surface area (Å²) >= 11 is 1.40. The molecule has 0 aromatic carbocycles. The average Bonchev–Trinajstić information content (AvgIpc) is 2.91. The molecule has 8 heteroatoms. The average molecular weight is 261 g/mol. The molecule has 7 nitrogen and oxygen atoms in total. The molecule has 0 bridgehead atoms. The summed E-state index contributed by atoms with van der Waals surface area (Å²) < 4.78 is 1.59. The number of H-pyrrole nitrogens is 2. The third-order valence-electron chi connectivity index (χ3n) is 3.14. The first-order valence-electron chi connectivity index (χ1n) is 5.40. The van der Waals surface area contributed by atoms with E-state index in [0.717, 1.165) is 10.4 Å². The van der Waals surface area contributed by atoms with Gasteiger partial charge >= 0.3 is 5.69 Å². The van der Waals surface area contributed by atoms with Crippen LogP contribution in [-0.4, -0.2) is 24.7 Å². The van der Waals surface area contributed by atoms with Gasteiger partial charge in [0.15, 0.2) is 5.82 Å². The molecule has 0 radical (unpaired) electrons. The number of hydrogen-bond donors (Lipinski definition) is 2. The van der Waals surface area contributed by atoms with Crippen molar-refractivity contribution in [2.24, 2.45) is 0 Å². The molecular weight excluding hydrogens is 254 g/mol. The van der Waals surface area contributed by atoms with Crippen LogP contribution in [0.1, 0.15) is 5.56 Å². The quantitative estimate of drug-likeness (QED) is 0.599. The smallest absolute Gasteiger partial charge is 0.313 e. The Labute approximate surface area is 103 Å². The van der Waals surface area contributed by atoms with E-state index in [9.17, 15) is 9.59 Å². The van der Waals surface area contributed by atoms with Crippen LogP contribution < -0.4 is 11.2 Å². The second-order valence-electron chi connectivity index (χ2n) is 4.08. The first-order chi connectivity index (χ1) is 8.75. The molecule has 0 aliphatic carbocycles. The monoisotopic (exact) mass is 261 g/mol. The van der Waals surface area contributed by atoms with Crippen molar-refractivity contribution < 1.29 is 0 Å². The van der Waals surface area contributed by atoms with E-state index in [4.69, 9.17) is 0 Å². The van der Waals surface area contributed by atoms with Crippen molar-refractivity contribution >= 4 is 21.6 Å². The SMILES string of the molecule is O=c1[nH]cnc2sc3c(c12)CCn1c-3n[nH]c1=O. The number of rotatable bonds is 0. The molecule has 1 aliphatic heterocycles. The van der Waals surface area contributed by atoms with E-state index in [2.05, 4.69) is 20.2 Å². The third kappa shape index (κ3) is 1.07. The molecule has 2 N–H and O–H groups in total. The lowest BCUT2D eigenvalue weighted by Gasteiger charge is -2.11. The maximum Gasteiger partial charge on any atom is 0.343 e. The highest BCUT2D eigenvalue weighted by Gasteiger charge is 2.25. The highest BCUT2D eigenvalue weighted by Crippen LogP contribution is 2.37. The third-order valence-corrected chi connectivity index (χ3v) is 4.28. The summed E-state index contributed by atoms with van der Waals surface area (Å²) in [6.45, 7) is 0.540. The van der Waals surface area contributed by atoms with Crippen LogP contribution in [0.5, 0.6) is 0 Å². The molecule has 0 saturated carbocycles. The molecule has 1 aliphatic rings. The topological polar surface area (TPSA) is 96.4 Å². The summed E-state index contributed by atoms with van der Waals surface area (Å²) in [5.41, 5.74) is 0.592. The fourth-order valence-electron chi connectivity index (χ4n) is 2.34. The first-order valence-corrected chi connectivity index (χ1v) is 6.22. The van der Waals surface area contributed by atoms with E-state index in [1.165, 1.54) is 17.7 Å². The van der Waals surface area contributed by atoms with Crippen molar-refractivity contribution in [3.8, 4) is 10.7 Å². The van der Waals surface area contributed by atoms with Gasteiger partial charge in [-0.1, -0.05) is 0 Å². The number of nitrogens with zero attached hydrogens (tertiary/aromatic N) is 3. The Kier molecular flexibility index (Phi) is 1.72. The number of thiophene rings is 1. The fraction of sp³-hybridized carbons (Fsp3) is 0.200. The van der Waals surface area contributed by atoms with Gasteiger partial charge in [-0.3, -0.25) is 9.36 Å². The van der Waals surface area contributed by atoms with E-state index in [1.54, 1.807) is 4.57 Å². The Morgan fingerprint density at radius 3 is 3.17 bits per heavy atom. The largest absolute Gasteiger partial charge is 0.343 e. The van der Waals surface area contributed by atoms with Gasteiger partial charge in [0.2, 0.25) is 0 Å². The molecule has 18 heavy (non-hydrogen) atoms. The summed E-state index contributed by atoms with van der Waals surface area (Å²) in [5.74, 6) is 0.601. The van der Waals surface area contributed by atoms with Crippen molar-refractivity contribution in [2.75, 3.05) is 0 Å². The molecule has 4 heterocycles. The van der Waals surface area contributed by atoms with Gasteiger partial charge in [-0.05, 0) is 12.0 Å². The molecule has 0 saturated heterocycles. The molecule has 4 rings (SSSR count). The molecule has 3 aromatic heterocycles. The van der Waals surface area contributed by atoms with Crippen molar-refractivity contribution in [3.63, 3.8) is 0 Å². The highest BCUT2D eigenvalue weighted by molar-refractivity contribution is 7.22. The Morgan fingerprint density at radius 2 is 2.28 bits per heavy atom. The Hall–Kier alpha value is -2.22. The van der Waals surface area contributed by atoms with Crippen LogP contribution in [0.15, 0.2) is 15.9 Å². The van der Waals surface area contributed by atoms with Gasteiger partial charge in [-0.2, -0.15) is 5.10 Å². The van der Waals surface area contributed by atoms with Crippen LogP contribution in [0.4, 0.5) is 0 Å². The summed E-state index contributed by atoms with van der Waals surface area (Å²) in [7, 11) is 0. The minimum Gasteiger partial charge on any atom is -0.313 e. The highest BCUT2D eigenvalue weighted by atomic mass is 32.1. The van der Waals surface area contributed by atoms with Crippen LogP contribution in [0.3, 0.4) is 0 Å². The summed E-state index contributed by atoms with van der Waals surface area (Å²) in [4.78, 5) is 31.7. The van der Waals surface area contributed by atoms with Gasteiger partial charge < -0.3 is 4.98 Å². The Morgan fingerprint density at radius 1 is 1.39 bits per heavy atom. The standard InChI is InChI=1S/C10H7N5O2S/c16-8-5-4-1-2-15-7(13-14-10(15)17)6(4)18-9(5)12-3-11-8/h3H,1-2H2,(H,14,17)(H,11,12,16). The molecule has 0 unspecified atom stereocenters. The Balaban J connectivity index is 2.18. The summed E-state index contributed by atoms with van der Waals surface area (Å²) in [6.07, 6.45) is 2.04. The summed E-state index contributed by atoms with van der Waals surface area (Å²) in [5, 5.41) is 7.08. The van der Waals surface area contributed by atoms with E-state index in [0.29, 0.717) is 29.0 Å². The van der Waals surface area contributed by atoms with Gasteiger partial charge in [0.05, 0.1) is 16.6 Å². The molecule has 0 amide bonds.